The number of H-pyrrole nitrogens is 1. The normalized spacial score (nSPS) is 13.1. The molecule has 49 heavy (non-hydrogen) atoms. The number of unbranched alkanes of at least 4 members (excludes halogenated alkanes) is 8. The summed E-state index contributed by atoms with van der Waals surface area (Å²) in [7, 11) is -3.43. The first kappa shape index (κ1) is 40.6. The lowest BCUT2D eigenvalue weighted by Crippen LogP contribution is -2.64. The maximum atomic E-state index is 14.4. The Morgan fingerprint density at radius 3 is 2.04 bits per heavy atom. The third-order valence-electron chi connectivity index (χ3n) is 10.4. The van der Waals surface area contributed by atoms with Crippen LogP contribution in [0.5, 0.6) is 5.75 Å². The average molecular weight is 721 g/mol. The van der Waals surface area contributed by atoms with Gasteiger partial charge in [-0.15, -0.1) is 10.2 Å². The first-order chi connectivity index (χ1) is 23.5. The lowest BCUT2D eigenvalue weighted by molar-refractivity contribution is -0.132. The molecule has 0 fully saturated rings. The van der Waals surface area contributed by atoms with Gasteiger partial charge in [0.05, 0.1) is 22.4 Å². The number of hydrogen-bond acceptors (Lipinski definition) is 6. The molecule has 12 heteroatoms. The van der Waals surface area contributed by atoms with Gasteiger partial charge in [-0.1, -0.05) is 105 Å². The van der Waals surface area contributed by atoms with Crippen molar-refractivity contribution in [2.75, 3.05) is 10.5 Å². The van der Waals surface area contributed by atoms with Crippen LogP contribution in [0, 0.1) is 6.92 Å². The predicted octanol–water partition coefficient (Wildman–Crippen LogP) is 9.27. The highest BCUT2D eigenvalue weighted by Crippen LogP contribution is 2.45. The SMILES string of the molecule is CCCCCCCCCCC(Oc1ccc(NS(=O)(=O)CCCC)cc1)C(=O)NC(CC)(CC)C(CC)(CC)c1nnc2c(Cl)c(C)[nH]n12. The van der Waals surface area contributed by atoms with Crippen molar-refractivity contribution in [3.05, 3.63) is 40.8 Å². The van der Waals surface area contributed by atoms with Crippen LogP contribution >= 0.6 is 11.6 Å². The van der Waals surface area contributed by atoms with Crippen LogP contribution in [0.2, 0.25) is 5.02 Å². The van der Waals surface area contributed by atoms with Crippen molar-refractivity contribution >= 4 is 38.9 Å². The highest BCUT2D eigenvalue weighted by atomic mass is 35.5. The molecule has 0 bridgehead atoms. The third kappa shape index (κ3) is 9.93. The number of ether oxygens (including phenoxy) is 1. The molecule has 10 nitrogen and oxygen atoms in total. The van der Waals surface area contributed by atoms with E-state index in [0.717, 1.165) is 50.0 Å². The first-order valence-corrected chi connectivity index (χ1v) is 20.7. The molecule has 0 aliphatic carbocycles. The summed E-state index contributed by atoms with van der Waals surface area (Å²) in [6.45, 7) is 14.6. The van der Waals surface area contributed by atoms with E-state index in [1.807, 2.05) is 18.4 Å². The zero-order valence-electron chi connectivity index (χ0n) is 31.0. The Labute approximate surface area is 299 Å². The van der Waals surface area contributed by atoms with Gasteiger partial charge in [0.25, 0.3) is 5.91 Å². The van der Waals surface area contributed by atoms with Gasteiger partial charge >= 0.3 is 0 Å². The molecule has 0 radical (unpaired) electrons. The highest BCUT2D eigenvalue weighted by Gasteiger charge is 2.52. The molecule has 276 valence electrons. The van der Waals surface area contributed by atoms with Crippen LogP contribution in [-0.2, 0) is 20.2 Å². The standard InChI is InChI=1S/C37H61ClN6O4S/c1-8-14-16-17-18-19-20-21-22-31(48-30-25-23-29(24-26-30)43-49(46,47)27-15-9-2)34(45)39-37(12-5,13-6)36(10-3,11-4)35-41-40-33-32(38)28(7)42-44(33)35/h23-26,31,42-43H,8-22,27H2,1-7H3,(H,39,45). The van der Waals surface area contributed by atoms with Crippen molar-refractivity contribution < 1.29 is 17.9 Å². The Hall–Kier alpha value is -2.79. The summed E-state index contributed by atoms with van der Waals surface area (Å²) in [5.41, 5.74) is 0.670. The number of nitrogens with one attached hydrogen (secondary N) is 3. The number of nitrogens with zero attached hydrogens (tertiary/aromatic N) is 3. The molecule has 3 N–H and O–H groups in total. The monoisotopic (exact) mass is 720 g/mol. The number of carbonyl (C=O) groups is 1. The van der Waals surface area contributed by atoms with Crippen LogP contribution in [0.3, 0.4) is 0 Å². The number of sulfonamides is 1. The Morgan fingerprint density at radius 1 is 0.878 bits per heavy atom. The van der Waals surface area contributed by atoms with Crippen LogP contribution < -0.4 is 14.8 Å². The van der Waals surface area contributed by atoms with Gasteiger partial charge in [-0.2, -0.15) is 0 Å². The van der Waals surface area contributed by atoms with Gasteiger partial charge in [0, 0.05) is 5.69 Å². The molecular formula is C37H61ClN6O4S. The van der Waals surface area contributed by atoms with Crippen LogP contribution in [0.15, 0.2) is 24.3 Å². The number of fused-ring (bicyclic) bond motifs is 1. The molecule has 1 aromatic carbocycles. The topological polar surface area (TPSA) is 130 Å². The molecule has 2 aromatic heterocycles. The van der Waals surface area contributed by atoms with E-state index in [1.54, 1.807) is 24.3 Å². The van der Waals surface area contributed by atoms with Crippen molar-refractivity contribution in [1.82, 2.24) is 25.1 Å². The zero-order chi connectivity index (χ0) is 36.1. The van der Waals surface area contributed by atoms with E-state index < -0.39 is 27.1 Å². The quantitative estimate of drug-likeness (QED) is 0.0791. The number of hydrogen-bond donors (Lipinski definition) is 3. The fourth-order valence-electron chi connectivity index (χ4n) is 7.26. The summed E-state index contributed by atoms with van der Waals surface area (Å²) >= 11 is 6.57. The van der Waals surface area contributed by atoms with Gasteiger partial charge < -0.3 is 10.1 Å². The van der Waals surface area contributed by atoms with Crippen molar-refractivity contribution in [3.63, 3.8) is 0 Å². The molecule has 0 aliphatic rings. The van der Waals surface area contributed by atoms with Crippen LogP contribution in [0.4, 0.5) is 5.69 Å². The zero-order valence-corrected chi connectivity index (χ0v) is 32.5. The summed E-state index contributed by atoms with van der Waals surface area (Å²) < 4.78 is 35.8. The average Bonchev–Trinajstić information content (AvgIpc) is 3.63. The van der Waals surface area contributed by atoms with Crippen LogP contribution in [0.1, 0.15) is 149 Å². The fraction of sp³-hybridized carbons (Fsp3) is 0.703. The van der Waals surface area contributed by atoms with Crippen molar-refractivity contribution in [1.29, 1.82) is 0 Å². The molecule has 1 atom stereocenters. The number of amides is 1. The van der Waals surface area contributed by atoms with E-state index in [0.29, 0.717) is 47.8 Å². The molecule has 0 spiro atoms. The first-order valence-electron chi connectivity index (χ1n) is 18.7. The summed E-state index contributed by atoms with van der Waals surface area (Å²) in [5.74, 6) is 1.18. The van der Waals surface area contributed by atoms with E-state index in [-0.39, 0.29) is 11.7 Å². The summed E-state index contributed by atoms with van der Waals surface area (Å²) in [5, 5.41) is 16.5. The minimum atomic E-state index is -3.43. The molecule has 0 saturated heterocycles. The van der Waals surface area contributed by atoms with E-state index in [1.165, 1.54) is 32.1 Å². The molecule has 1 unspecified atom stereocenters. The van der Waals surface area contributed by atoms with Gasteiger partial charge in [0.2, 0.25) is 10.0 Å². The number of rotatable bonds is 24. The molecule has 3 rings (SSSR count). The fourth-order valence-corrected chi connectivity index (χ4v) is 8.69. The van der Waals surface area contributed by atoms with E-state index in [4.69, 9.17) is 16.3 Å². The Kier molecular flexibility index (Phi) is 15.8. The lowest BCUT2D eigenvalue weighted by Gasteiger charge is -2.49. The Bertz CT molecular complexity index is 1540. The third-order valence-corrected chi connectivity index (χ3v) is 12.2. The second-order valence-electron chi connectivity index (χ2n) is 13.5. The predicted molar refractivity (Wildman–Crippen MR) is 201 cm³/mol. The number of benzene rings is 1. The molecule has 0 aliphatic heterocycles. The summed E-state index contributed by atoms with van der Waals surface area (Å²) in [6, 6.07) is 6.83. The van der Waals surface area contributed by atoms with E-state index >= 15 is 0 Å². The number of aryl methyl sites for hydroxylation is 1. The van der Waals surface area contributed by atoms with Gasteiger partial charge in [-0.25, -0.2) is 12.9 Å². The van der Waals surface area contributed by atoms with Crippen LogP contribution in [0.25, 0.3) is 5.65 Å². The van der Waals surface area contributed by atoms with Gasteiger partial charge in [-0.3, -0.25) is 14.6 Å². The van der Waals surface area contributed by atoms with Crippen LogP contribution in [-0.4, -0.2) is 51.5 Å². The molecule has 1 amide bonds. The largest absolute Gasteiger partial charge is 0.481 e. The van der Waals surface area contributed by atoms with E-state index in [9.17, 15) is 13.2 Å². The van der Waals surface area contributed by atoms with Crippen molar-refractivity contribution in [3.8, 4) is 5.75 Å². The smallest absolute Gasteiger partial charge is 0.261 e. The Balaban J connectivity index is 1.88. The summed E-state index contributed by atoms with van der Waals surface area (Å²) in [6.07, 6.45) is 13.3. The maximum Gasteiger partial charge on any atom is 0.261 e. The Morgan fingerprint density at radius 2 is 1.47 bits per heavy atom. The van der Waals surface area contributed by atoms with Gasteiger partial charge in [-0.05, 0) is 76.1 Å². The summed E-state index contributed by atoms with van der Waals surface area (Å²) in [4.78, 5) is 14.4. The van der Waals surface area contributed by atoms with E-state index in [2.05, 4.69) is 60.0 Å². The minimum absolute atomic E-state index is 0.0764. The van der Waals surface area contributed by atoms with Crippen molar-refractivity contribution in [2.24, 2.45) is 0 Å². The number of anilines is 1. The highest BCUT2D eigenvalue weighted by molar-refractivity contribution is 7.92. The molecule has 3 aromatic rings. The molecule has 2 heterocycles. The van der Waals surface area contributed by atoms with Crippen molar-refractivity contribution in [2.45, 2.75) is 162 Å². The maximum absolute atomic E-state index is 14.4. The van der Waals surface area contributed by atoms with Gasteiger partial charge in [0.15, 0.2) is 17.6 Å². The second-order valence-corrected chi connectivity index (χ2v) is 15.7. The molecule has 0 saturated carbocycles. The van der Waals surface area contributed by atoms with Gasteiger partial charge in [0.1, 0.15) is 10.8 Å². The minimum Gasteiger partial charge on any atom is -0.481 e. The second kappa shape index (κ2) is 19.0. The molecular weight excluding hydrogens is 660 g/mol. The number of aromatic nitrogens is 4. The number of aromatic amines is 1. The number of carbonyl (C=O) groups excluding carboxylic acids is 1. The number of halogens is 1. The lowest BCUT2D eigenvalue weighted by atomic mass is 9.62.